The molecule has 2 heterocycles. The minimum atomic E-state index is -0.769. The Kier molecular flexibility index (Phi) is 6.33. The summed E-state index contributed by atoms with van der Waals surface area (Å²) in [6.07, 6.45) is 2.84. The van der Waals surface area contributed by atoms with Crippen molar-refractivity contribution < 1.29 is 8.78 Å². The largest absolute Gasteiger partial charge is 0.367 e. The molecule has 152 valence electrons. The van der Waals surface area contributed by atoms with Gasteiger partial charge < -0.3 is 5.32 Å². The Bertz CT molecular complexity index is 1070. The van der Waals surface area contributed by atoms with Crippen LogP contribution < -0.4 is 5.32 Å². The van der Waals surface area contributed by atoms with Crippen molar-refractivity contribution in [2.45, 2.75) is 46.6 Å². The lowest BCUT2D eigenvalue weighted by atomic mass is 10.0. The van der Waals surface area contributed by atoms with Gasteiger partial charge in [0.2, 0.25) is 0 Å². The first-order valence-electron chi connectivity index (χ1n) is 9.47. The van der Waals surface area contributed by atoms with Gasteiger partial charge in [-0.05, 0) is 31.4 Å². The molecule has 0 saturated heterocycles. The number of nitrogens with one attached hydrogen (secondary N) is 1. The lowest BCUT2D eigenvalue weighted by Crippen LogP contribution is -2.24. The van der Waals surface area contributed by atoms with Gasteiger partial charge in [-0.2, -0.15) is 19.6 Å². The molecule has 1 atom stereocenters. The van der Waals surface area contributed by atoms with Crippen LogP contribution in [0, 0.1) is 29.4 Å². The number of halogens is 3. The third-order valence-electron chi connectivity index (χ3n) is 4.65. The Hall–Kier alpha value is -2.72. The Morgan fingerprint density at radius 1 is 1.17 bits per heavy atom. The summed E-state index contributed by atoms with van der Waals surface area (Å²) in [6.45, 7) is 8.01. The highest BCUT2D eigenvalue weighted by molar-refractivity contribution is 6.33. The molecule has 0 spiro atoms. The second-order valence-corrected chi connectivity index (χ2v) is 7.50. The first kappa shape index (κ1) is 21.0. The number of benzene rings is 1. The van der Waals surface area contributed by atoms with Crippen LogP contribution >= 0.6 is 11.6 Å². The monoisotopic (exact) mass is 417 g/mol. The van der Waals surface area contributed by atoms with Crippen LogP contribution in [0.4, 0.5) is 14.6 Å². The summed E-state index contributed by atoms with van der Waals surface area (Å²) in [5.74, 6) is 4.96. The molecule has 0 aliphatic carbocycles. The quantitative estimate of drug-likeness (QED) is 0.450. The number of rotatable bonds is 5. The number of hydrogen-bond donors (Lipinski definition) is 1. The third kappa shape index (κ3) is 4.33. The van der Waals surface area contributed by atoms with Crippen molar-refractivity contribution in [1.29, 1.82) is 0 Å². The standard InChI is InChI=1S/C21H22ClF2N5/c1-5-6-7-8-14-9-15(23)17(16(24)10-14)18-19(22)28-21-25-11-26-29(21)20(18)27-13(4)12(2)3/h9-13,27H,5-6H2,1-4H3/t13-/m1/s1. The lowest BCUT2D eigenvalue weighted by Gasteiger charge is -2.22. The van der Waals surface area contributed by atoms with Gasteiger partial charge in [-0.1, -0.05) is 44.2 Å². The summed E-state index contributed by atoms with van der Waals surface area (Å²) in [5, 5.41) is 7.34. The van der Waals surface area contributed by atoms with E-state index >= 15 is 8.78 Å². The van der Waals surface area contributed by atoms with Crippen molar-refractivity contribution in [3.63, 3.8) is 0 Å². The minimum Gasteiger partial charge on any atom is -0.367 e. The second kappa shape index (κ2) is 8.75. The minimum absolute atomic E-state index is 0.0232. The van der Waals surface area contributed by atoms with Gasteiger partial charge in [-0.15, -0.1) is 0 Å². The van der Waals surface area contributed by atoms with E-state index in [1.54, 1.807) is 0 Å². The molecule has 0 fully saturated rings. The molecule has 3 rings (SSSR count). The number of unbranched alkanes of at least 4 members (excludes halogenated alkanes) is 1. The van der Waals surface area contributed by atoms with Crippen LogP contribution in [-0.2, 0) is 0 Å². The molecule has 5 nitrogen and oxygen atoms in total. The van der Waals surface area contributed by atoms with E-state index < -0.39 is 11.6 Å². The van der Waals surface area contributed by atoms with Crippen LogP contribution in [0.15, 0.2) is 18.5 Å². The van der Waals surface area contributed by atoms with Crippen LogP contribution in [-0.4, -0.2) is 25.6 Å². The predicted molar refractivity (Wildman–Crippen MR) is 111 cm³/mol. The van der Waals surface area contributed by atoms with Gasteiger partial charge in [-0.3, -0.25) is 0 Å². The van der Waals surface area contributed by atoms with Crippen molar-refractivity contribution in [3.8, 4) is 23.0 Å². The molecule has 3 aromatic rings. The number of aromatic nitrogens is 4. The molecule has 2 aromatic heterocycles. The van der Waals surface area contributed by atoms with Crippen molar-refractivity contribution >= 4 is 23.2 Å². The van der Waals surface area contributed by atoms with E-state index in [1.807, 2.05) is 27.7 Å². The molecule has 0 radical (unpaired) electrons. The highest BCUT2D eigenvalue weighted by Gasteiger charge is 2.25. The highest BCUT2D eigenvalue weighted by atomic mass is 35.5. The predicted octanol–water partition coefficient (Wildman–Crippen LogP) is 5.33. The van der Waals surface area contributed by atoms with Gasteiger partial charge in [0.15, 0.2) is 0 Å². The number of hydrogen-bond acceptors (Lipinski definition) is 4. The highest BCUT2D eigenvalue weighted by Crippen LogP contribution is 2.38. The lowest BCUT2D eigenvalue weighted by molar-refractivity contribution is 0.556. The molecule has 8 heteroatoms. The molecule has 29 heavy (non-hydrogen) atoms. The van der Waals surface area contributed by atoms with Gasteiger partial charge in [0.25, 0.3) is 5.78 Å². The maximum atomic E-state index is 15.0. The molecular weight excluding hydrogens is 396 g/mol. The van der Waals surface area contributed by atoms with Gasteiger partial charge in [0, 0.05) is 18.0 Å². The Morgan fingerprint density at radius 3 is 2.48 bits per heavy atom. The molecule has 0 saturated carbocycles. The SMILES string of the molecule is CCCC#Cc1cc(F)c(-c2c(Cl)nc3ncnn3c2N[C@H](C)C(C)C)c(F)c1. The number of anilines is 1. The zero-order valence-electron chi connectivity index (χ0n) is 16.7. The molecule has 0 amide bonds. The summed E-state index contributed by atoms with van der Waals surface area (Å²) in [5.41, 5.74) is 0.0906. The van der Waals surface area contributed by atoms with Crippen molar-refractivity contribution in [1.82, 2.24) is 19.6 Å². The average Bonchev–Trinajstić information content (AvgIpc) is 3.11. The van der Waals surface area contributed by atoms with Crippen LogP contribution in [0.25, 0.3) is 16.9 Å². The van der Waals surface area contributed by atoms with Crippen LogP contribution in [0.5, 0.6) is 0 Å². The molecule has 0 aliphatic rings. The van der Waals surface area contributed by atoms with E-state index in [9.17, 15) is 0 Å². The van der Waals surface area contributed by atoms with Gasteiger partial charge >= 0.3 is 0 Å². The van der Waals surface area contributed by atoms with E-state index in [-0.39, 0.29) is 39.6 Å². The molecule has 0 unspecified atom stereocenters. The van der Waals surface area contributed by atoms with E-state index in [1.165, 1.54) is 23.0 Å². The van der Waals surface area contributed by atoms with E-state index in [0.29, 0.717) is 12.2 Å². The zero-order chi connectivity index (χ0) is 21.1. The molecule has 0 bridgehead atoms. The van der Waals surface area contributed by atoms with Crippen LogP contribution in [0.3, 0.4) is 0 Å². The Morgan fingerprint density at radius 2 is 1.86 bits per heavy atom. The van der Waals surface area contributed by atoms with Crippen molar-refractivity contribution in [2.24, 2.45) is 5.92 Å². The number of nitrogens with zero attached hydrogens (tertiary/aromatic N) is 4. The van der Waals surface area contributed by atoms with Gasteiger partial charge in [-0.25, -0.2) is 8.78 Å². The first-order valence-corrected chi connectivity index (χ1v) is 9.85. The zero-order valence-corrected chi connectivity index (χ0v) is 17.5. The van der Waals surface area contributed by atoms with Crippen molar-refractivity contribution in [2.75, 3.05) is 5.32 Å². The topological polar surface area (TPSA) is 55.1 Å². The molecular formula is C21H22ClF2N5. The summed E-state index contributed by atoms with van der Waals surface area (Å²) < 4.78 is 31.4. The van der Waals surface area contributed by atoms with Crippen LogP contribution in [0.2, 0.25) is 5.15 Å². The summed E-state index contributed by atoms with van der Waals surface area (Å²) >= 11 is 6.36. The second-order valence-electron chi connectivity index (χ2n) is 7.14. The van der Waals surface area contributed by atoms with E-state index in [2.05, 4.69) is 32.2 Å². The summed E-state index contributed by atoms with van der Waals surface area (Å²) in [4.78, 5) is 8.18. The Labute approximate surface area is 173 Å². The number of fused-ring (bicyclic) bond motifs is 1. The average molecular weight is 418 g/mol. The van der Waals surface area contributed by atoms with Gasteiger partial charge in [0.05, 0.1) is 11.1 Å². The van der Waals surface area contributed by atoms with Crippen LogP contribution in [0.1, 0.15) is 46.1 Å². The van der Waals surface area contributed by atoms with E-state index in [4.69, 9.17) is 11.6 Å². The maximum absolute atomic E-state index is 15.0. The van der Waals surface area contributed by atoms with Gasteiger partial charge in [0.1, 0.15) is 28.9 Å². The molecule has 0 aliphatic heterocycles. The fraction of sp³-hybridized carbons (Fsp3) is 0.381. The smallest absolute Gasteiger partial charge is 0.255 e. The third-order valence-corrected chi connectivity index (χ3v) is 4.92. The molecule has 1 aromatic carbocycles. The summed E-state index contributed by atoms with van der Waals surface area (Å²) in [6, 6.07) is 2.39. The molecule has 1 N–H and O–H groups in total. The Balaban J connectivity index is 2.22. The fourth-order valence-electron chi connectivity index (χ4n) is 2.73. The van der Waals surface area contributed by atoms with E-state index in [0.717, 1.165) is 6.42 Å². The maximum Gasteiger partial charge on any atom is 0.255 e. The normalized spacial score (nSPS) is 12.1. The fourth-order valence-corrected chi connectivity index (χ4v) is 2.99. The summed E-state index contributed by atoms with van der Waals surface area (Å²) in [7, 11) is 0. The van der Waals surface area contributed by atoms with Crippen molar-refractivity contribution in [3.05, 3.63) is 40.8 Å². The first-order chi connectivity index (χ1) is 13.8.